The van der Waals surface area contributed by atoms with Crippen molar-refractivity contribution in [3.8, 4) is 0 Å². The Kier molecular flexibility index (Phi) is 55.1. The van der Waals surface area contributed by atoms with E-state index in [9.17, 15) is 4.79 Å². The summed E-state index contributed by atoms with van der Waals surface area (Å²) < 4.78 is 66.1. The van der Waals surface area contributed by atoms with E-state index in [1.807, 2.05) is 0 Å². The van der Waals surface area contributed by atoms with Crippen LogP contribution < -0.4 is 0 Å². The molecule has 0 spiro atoms. The highest BCUT2D eigenvalue weighted by molar-refractivity contribution is 5.69. The molecule has 0 atom stereocenters. The summed E-state index contributed by atoms with van der Waals surface area (Å²) in [6.07, 6.45) is 26.4. The van der Waals surface area contributed by atoms with Gasteiger partial charge in [0.15, 0.2) is 0 Å². The Balaban J connectivity index is 3.10. The summed E-state index contributed by atoms with van der Waals surface area (Å²) in [6, 6.07) is 0. The van der Waals surface area contributed by atoms with Crippen molar-refractivity contribution in [3.05, 3.63) is 0 Å². The average molecular weight is 867 g/mol. The highest BCUT2D eigenvalue weighted by Gasteiger charge is 2.03. The monoisotopic (exact) mass is 867 g/mol. The van der Waals surface area contributed by atoms with Gasteiger partial charge in [-0.25, -0.2) is 0 Å². The highest BCUT2D eigenvalue weighted by atomic mass is 16.6. The second kappa shape index (κ2) is 56.0. The van der Waals surface area contributed by atoms with Crippen LogP contribution >= 0.6 is 0 Å². The lowest BCUT2D eigenvalue weighted by molar-refractivity contribution is -0.145. The average Bonchev–Trinajstić information content (AvgIpc) is 3.25. The van der Waals surface area contributed by atoms with Gasteiger partial charge in [-0.15, -0.1) is 0 Å². The van der Waals surface area contributed by atoms with E-state index in [1.165, 1.54) is 109 Å². The van der Waals surface area contributed by atoms with Crippen molar-refractivity contribution in [3.63, 3.8) is 0 Å². The van der Waals surface area contributed by atoms with Gasteiger partial charge in [-0.05, 0) is 12.8 Å². The van der Waals surface area contributed by atoms with E-state index in [0.717, 1.165) is 25.9 Å². The molecule has 360 valence electrons. The van der Waals surface area contributed by atoms with Gasteiger partial charge in [0.1, 0.15) is 6.61 Å². The molecule has 0 aromatic heterocycles. The topological polar surface area (TPSA) is 128 Å². The molecule has 0 bridgehead atoms. The Labute approximate surface area is 367 Å². The van der Waals surface area contributed by atoms with Gasteiger partial charge >= 0.3 is 5.97 Å². The summed E-state index contributed by atoms with van der Waals surface area (Å²) in [6.45, 7) is 16.5. The zero-order chi connectivity index (χ0) is 43.2. The zero-order valence-electron chi connectivity index (χ0n) is 38.9. The maximum Gasteiger partial charge on any atom is 0.305 e. The summed E-state index contributed by atoms with van der Waals surface area (Å²) >= 11 is 0. The third-order valence-electron chi connectivity index (χ3n) is 9.59. The van der Waals surface area contributed by atoms with Crippen LogP contribution in [0.3, 0.4) is 0 Å². The smallest absolute Gasteiger partial charge is 0.305 e. The fourth-order valence-electron chi connectivity index (χ4n) is 6.04. The molecule has 0 fully saturated rings. The number of rotatable bonds is 55. The Morgan fingerprint density at radius 2 is 0.433 bits per heavy atom. The van der Waals surface area contributed by atoms with E-state index in [4.69, 9.17) is 56.8 Å². The third kappa shape index (κ3) is 55.0. The van der Waals surface area contributed by atoms with Crippen molar-refractivity contribution >= 4 is 5.97 Å². The molecule has 0 aliphatic carbocycles. The van der Waals surface area contributed by atoms with Crippen molar-refractivity contribution in [1.82, 2.24) is 0 Å². The molecule has 0 N–H and O–H groups in total. The highest BCUT2D eigenvalue weighted by Crippen LogP contribution is 2.12. The fourth-order valence-corrected chi connectivity index (χ4v) is 6.04. The van der Waals surface area contributed by atoms with Crippen LogP contribution in [-0.2, 0) is 61.6 Å². The number of esters is 1. The summed E-state index contributed by atoms with van der Waals surface area (Å²) in [5, 5.41) is 0. The fraction of sp³-hybridized carbons (Fsp3) is 0.979. The van der Waals surface area contributed by atoms with Gasteiger partial charge in [0, 0.05) is 13.0 Å². The Morgan fingerprint density at radius 3 is 0.700 bits per heavy atom. The van der Waals surface area contributed by atoms with Crippen LogP contribution in [0, 0.1) is 0 Å². The zero-order valence-corrected chi connectivity index (χ0v) is 38.9. The van der Waals surface area contributed by atoms with Gasteiger partial charge in [-0.1, -0.05) is 129 Å². The van der Waals surface area contributed by atoms with Crippen molar-refractivity contribution in [2.75, 3.05) is 152 Å². The van der Waals surface area contributed by atoms with Crippen molar-refractivity contribution in [1.29, 1.82) is 0 Å². The number of hydrogen-bond acceptors (Lipinski definition) is 13. The van der Waals surface area contributed by atoms with Crippen LogP contribution in [-0.4, -0.2) is 158 Å². The Morgan fingerprint density at radius 1 is 0.233 bits per heavy atom. The Hall–Kier alpha value is -0.970. The van der Waals surface area contributed by atoms with Gasteiger partial charge in [0.05, 0.1) is 139 Å². The van der Waals surface area contributed by atoms with Crippen LogP contribution in [0.15, 0.2) is 0 Å². The van der Waals surface area contributed by atoms with E-state index in [0.29, 0.717) is 145 Å². The second-order valence-corrected chi connectivity index (χ2v) is 15.1. The molecule has 60 heavy (non-hydrogen) atoms. The molecule has 0 aromatic rings. The minimum Gasteiger partial charge on any atom is -0.463 e. The van der Waals surface area contributed by atoms with Gasteiger partial charge < -0.3 is 56.8 Å². The van der Waals surface area contributed by atoms with E-state index in [2.05, 4.69) is 13.8 Å². The SMILES string of the molecule is CCCCCCCCCCCCCOCCOCCOCCOCCOCCOCCOCCOCCOCCOCCOCCOC(=O)CCCCCCCCCCC. The molecule has 0 unspecified atom stereocenters. The van der Waals surface area contributed by atoms with E-state index in [1.54, 1.807) is 0 Å². The molecule has 0 aromatic carbocycles. The summed E-state index contributed by atoms with van der Waals surface area (Å²) in [4.78, 5) is 11.8. The molecule has 0 radical (unpaired) electrons. The van der Waals surface area contributed by atoms with Crippen molar-refractivity contribution in [2.24, 2.45) is 0 Å². The molecule has 0 rings (SSSR count). The lowest BCUT2D eigenvalue weighted by Gasteiger charge is -2.09. The standard InChI is InChI=1S/C47H94O13/c1-3-5-7-9-11-13-14-16-18-20-22-24-49-25-26-50-27-28-51-29-30-52-31-32-53-33-34-54-35-36-55-37-38-56-39-40-57-41-42-58-43-44-59-45-46-60-47(48)23-21-19-17-15-12-10-8-6-4-2/h3-46H2,1-2H3. The van der Waals surface area contributed by atoms with Gasteiger partial charge in [-0.3, -0.25) is 4.79 Å². The first kappa shape index (κ1) is 59.0. The van der Waals surface area contributed by atoms with Crippen LogP contribution in [0.2, 0.25) is 0 Å². The molecule has 0 amide bonds. The molecule has 0 heterocycles. The number of carbonyl (C=O) groups excluding carboxylic acids is 1. The van der Waals surface area contributed by atoms with E-state index < -0.39 is 0 Å². The van der Waals surface area contributed by atoms with E-state index in [-0.39, 0.29) is 12.6 Å². The summed E-state index contributed by atoms with van der Waals surface area (Å²) in [5.74, 6) is -0.135. The normalized spacial score (nSPS) is 11.6. The first-order chi connectivity index (χ1) is 29.8. The summed E-state index contributed by atoms with van der Waals surface area (Å²) in [7, 11) is 0. The lowest BCUT2D eigenvalue weighted by atomic mass is 10.1. The number of hydrogen-bond donors (Lipinski definition) is 0. The lowest BCUT2D eigenvalue weighted by Crippen LogP contribution is -2.15. The number of ether oxygens (including phenoxy) is 12. The predicted molar refractivity (Wildman–Crippen MR) is 238 cm³/mol. The first-order valence-electron chi connectivity index (χ1n) is 24.3. The first-order valence-corrected chi connectivity index (χ1v) is 24.3. The maximum atomic E-state index is 11.8. The molecule has 0 saturated carbocycles. The maximum absolute atomic E-state index is 11.8. The molecule has 0 aliphatic heterocycles. The van der Waals surface area contributed by atoms with Crippen LogP contribution in [0.5, 0.6) is 0 Å². The van der Waals surface area contributed by atoms with Gasteiger partial charge in [0.2, 0.25) is 0 Å². The second-order valence-electron chi connectivity index (χ2n) is 15.1. The molecular formula is C47H94O13. The largest absolute Gasteiger partial charge is 0.463 e. The minimum absolute atomic E-state index is 0.135. The summed E-state index contributed by atoms with van der Waals surface area (Å²) in [5.41, 5.74) is 0. The van der Waals surface area contributed by atoms with Crippen LogP contribution in [0.1, 0.15) is 149 Å². The molecule has 13 nitrogen and oxygen atoms in total. The van der Waals surface area contributed by atoms with Gasteiger partial charge in [-0.2, -0.15) is 0 Å². The third-order valence-corrected chi connectivity index (χ3v) is 9.59. The minimum atomic E-state index is -0.135. The van der Waals surface area contributed by atoms with E-state index >= 15 is 0 Å². The van der Waals surface area contributed by atoms with Gasteiger partial charge in [0.25, 0.3) is 0 Å². The molecule has 13 heteroatoms. The molecular weight excluding hydrogens is 773 g/mol. The van der Waals surface area contributed by atoms with Crippen molar-refractivity contribution < 1.29 is 61.6 Å². The Bertz CT molecular complexity index is 780. The van der Waals surface area contributed by atoms with Crippen LogP contribution in [0.4, 0.5) is 0 Å². The van der Waals surface area contributed by atoms with Crippen molar-refractivity contribution in [2.45, 2.75) is 149 Å². The molecule has 0 saturated heterocycles. The molecule has 0 aliphatic rings. The number of unbranched alkanes of at least 4 members (excludes halogenated alkanes) is 18. The van der Waals surface area contributed by atoms with Crippen LogP contribution in [0.25, 0.3) is 0 Å². The quantitative estimate of drug-likeness (QED) is 0.0427. The predicted octanol–water partition coefficient (Wildman–Crippen LogP) is 8.94. The number of carbonyl (C=O) groups is 1.